The predicted molar refractivity (Wildman–Crippen MR) is 87.1 cm³/mol. The molecular formula is C14H18BrClN2O2S. The van der Waals surface area contributed by atoms with Crippen molar-refractivity contribution in [2.75, 3.05) is 7.05 Å². The van der Waals surface area contributed by atoms with Crippen molar-refractivity contribution in [1.82, 2.24) is 9.62 Å². The lowest BCUT2D eigenvalue weighted by Crippen LogP contribution is -2.48. The molecule has 0 saturated carbocycles. The van der Waals surface area contributed by atoms with E-state index in [-0.39, 0.29) is 16.0 Å². The number of hydrogen-bond donors (Lipinski definition) is 1. The fraction of sp³-hybridized carbons (Fsp3) is 0.571. The number of piperidine rings is 1. The highest BCUT2D eigenvalue weighted by atomic mass is 79.9. The Kier molecular flexibility index (Phi) is 4.36. The first-order valence-corrected chi connectivity index (χ1v) is 9.68. The van der Waals surface area contributed by atoms with E-state index in [2.05, 4.69) is 21.2 Å². The zero-order valence-electron chi connectivity index (χ0n) is 11.7. The second-order valence-corrected chi connectivity index (χ2v) is 9.15. The molecule has 0 radical (unpaired) electrons. The lowest BCUT2D eigenvalue weighted by Gasteiger charge is -2.35. The Morgan fingerprint density at radius 3 is 2.48 bits per heavy atom. The van der Waals surface area contributed by atoms with Gasteiger partial charge in [0.05, 0.1) is 5.02 Å². The zero-order valence-corrected chi connectivity index (χ0v) is 14.9. The number of fused-ring (bicyclic) bond motifs is 2. The molecule has 0 spiro atoms. The standard InChI is InChI=1S/C14H18BrClN2O2S/c1-18(12-7-10-3-4-11(8-12)17-10)21(19,20)14-5-2-9(15)6-13(14)16/h2,5-6,10-12,17H,3-4,7-8H2,1H3. The third-order valence-corrected chi connectivity index (χ3v) is 7.40. The van der Waals surface area contributed by atoms with Crippen molar-refractivity contribution in [2.24, 2.45) is 0 Å². The van der Waals surface area contributed by atoms with Gasteiger partial charge in [-0.05, 0) is 43.9 Å². The van der Waals surface area contributed by atoms with Gasteiger partial charge >= 0.3 is 0 Å². The largest absolute Gasteiger partial charge is 0.311 e. The summed E-state index contributed by atoms with van der Waals surface area (Å²) >= 11 is 9.42. The van der Waals surface area contributed by atoms with Crippen LogP contribution in [0.3, 0.4) is 0 Å². The monoisotopic (exact) mass is 392 g/mol. The molecule has 0 amide bonds. The van der Waals surface area contributed by atoms with Crippen LogP contribution in [0.5, 0.6) is 0 Å². The van der Waals surface area contributed by atoms with E-state index in [1.165, 1.54) is 4.31 Å². The van der Waals surface area contributed by atoms with Crippen LogP contribution in [0.4, 0.5) is 0 Å². The van der Waals surface area contributed by atoms with Crippen LogP contribution in [0.25, 0.3) is 0 Å². The third-order valence-electron chi connectivity index (χ3n) is 4.51. The van der Waals surface area contributed by atoms with Gasteiger partial charge in [-0.1, -0.05) is 27.5 Å². The van der Waals surface area contributed by atoms with Crippen molar-refractivity contribution in [3.8, 4) is 0 Å². The van der Waals surface area contributed by atoms with Gasteiger partial charge in [0.1, 0.15) is 4.90 Å². The van der Waals surface area contributed by atoms with Crippen LogP contribution in [0, 0.1) is 0 Å². The first kappa shape index (κ1) is 15.7. The SMILES string of the molecule is CN(C1CC2CCC(C1)N2)S(=O)(=O)c1ccc(Br)cc1Cl. The van der Waals surface area contributed by atoms with E-state index in [0.29, 0.717) is 12.1 Å². The Bertz CT molecular complexity index is 640. The van der Waals surface area contributed by atoms with Gasteiger partial charge in [0.15, 0.2) is 0 Å². The average molecular weight is 394 g/mol. The lowest BCUT2D eigenvalue weighted by atomic mass is 10.0. The molecule has 1 aromatic rings. The summed E-state index contributed by atoms with van der Waals surface area (Å²) in [6.07, 6.45) is 4.04. The highest BCUT2D eigenvalue weighted by molar-refractivity contribution is 9.10. The topological polar surface area (TPSA) is 49.4 Å². The quantitative estimate of drug-likeness (QED) is 0.859. The number of halogens is 2. The molecule has 2 atom stereocenters. The van der Waals surface area contributed by atoms with Gasteiger partial charge in [-0.2, -0.15) is 4.31 Å². The minimum absolute atomic E-state index is 0.0495. The maximum Gasteiger partial charge on any atom is 0.244 e. The van der Waals surface area contributed by atoms with E-state index in [0.717, 1.165) is 30.2 Å². The Morgan fingerprint density at radius 1 is 1.29 bits per heavy atom. The number of hydrogen-bond acceptors (Lipinski definition) is 3. The molecule has 0 aromatic heterocycles. The summed E-state index contributed by atoms with van der Waals surface area (Å²) in [7, 11) is -1.88. The molecule has 4 nitrogen and oxygen atoms in total. The van der Waals surface area contributed by atoms with Crippen LogP contribution in [0.2, 0.25) is 5.02 Å². The summed E-state index contributed by atoms with van der Waals surface area (Å²) in [6, 6.07) is 5.84. The third kappa shape index (κ3) is 3.01. The number of benzene rings is 1. The van der Waals surface area contributed by atoms with E-state index in [9.17, 15) is 8.42 Å². The van der Waals surface area contributed by atoms with Crippen LogP contribution in [0.15, 0.2) is 27.6 Å². The number of nitrogens with zero attached hydrogens (tertiary/aromatic N) is 1. The van der Waals surface area contributed by atoms with E-state index in [1.807, 2.05) is 0 Å². The number of nitrogens with one attached hydrogen (secondary N) is 1. The number of sulfonamides is 1. The Hall–Kier alpha value is -0.140. The van der Waals surface area contributed by atoms with Crippen molar-refractivity contribution in [1.29, 1.82) is 0 Å². The minimum Gasteiger partial charge on any atom is -0.311 e. The lowest BCUT2D eigenvalue weighted by molar-refractivity contribution is 0.251. The normalized spacial score (nSPS) is 29.0. The Labute approximate surface area is 139 Å². The van der Waals surface area contributed by atoms with E-state index >= 15 is 0 Å². The zero-order chi connectivity index (χ0) is 15.2. The first-order valence-electron chi connectivity index (χ1n) is 7.07. The maximum absolute atomic E-state index is 12.8. The maximum atomic E-state index is 12.8. The molecule has 2 aliphatic rings. The first-order chi connectivity index (χ1) is 9.88. The van der Waals surface area contributed by atoms with Crippen molar-refractivity contribution in [3.63, 3.8) is 0 Å². The van der Waals surface area contributed by atoms with Crippen molar-refractivity contribution in [3.05, 3.63) is 27.7 Å². The summed E-state index contributed by atoms with van der Waals surface area (Å²) in [6.45, 7) is 0. The molecule has 2 saturated heterocycles. The molecular weight excluding hydrogens is 376 g/mol. The Morgan fingerprint density at radius 2 is 1.90 bits per heavy atom. The average Bonchev–Trinajstić information content (AvgIpc) is 2.76. The second kappa shape index (κ2) is 5.81. The summed E-state index contributed by atoms with van der Waals surface area (Å²) < 4.78 is 27.9. The van der Waals surface area contributed by atoms with Gasteiger partial charge in [0, 0.05) is 29.6 Å². The van der Waals surface area contributed by atoms with Crippen LogP contribution in [0.1, 0.15) is 25.7 Å². The van der Waals surface area contributed by atoms with Gasteiger partial charge in [-0.25, -0.2) is 8.42 Å². The molecule has 2 unspecified atom stereocenters. The highest BCUT2D eigenvalue weighted by Crippen LogP contribution is 2.33. The molecule has 2 fully saturated rings. The molecule has 2 aliphatic heterocycles. The highest BCUT2D eigenvalue weighted by Gasteiger charge is 2.39. The van der Waals surface area contributed by atoms with E-state index in [1.54, 1.807) is 25.2 Å². The molecule has 0 aliphatic carbocycles. The van der Waals surface area contributed by atoms with Gasteiger partial charge in [-0.15, -0.1) is 0 Å². The Balaban J connectivity index is 1.87. The summed E-state index contributed by atoms with van der Waals surface area (Å²) in [5, 5.41) is 3.79. The van der Waals surface area contributed by atoms with Gasteiger partial charge < -0.3 is 5.32 Å². The van der Waals surface area contributed by atoms with Crippen LogP contribution in [-0.2, 0) is 10.0 Å². The van der Waals surface area contributed by atoms with Crippen LogP contribution < -0.4 is 5.32 Å². The van der Waals surface area contributed by atoms with E-state index < -0.39 is 10.0 Å². The van der Waals surface area contributed by atoms with Gasteiger partial charge in [-0.3, -0.25) is 0 Å². The molecule has 2 bridgehead atoms. The predicted octanol–water partition coefficient (Wildman–Crippen LogP) is 3.01. The fourth-order valence-electron chi connectivity index (χ4n) is 3.36. The van der Waals surface area contributed by atoms with Crippen molar-refractivity contribution in [2.45, 2.75) is 48.7 Å². The smallest absolute Gasteiger partial charge is 0.244 e. The summed E-state index contributed by atoms with van der Waals surface area (Å²) in [5.41, 5.74) is 0. The summed E-state index contributed by atoms with van der Waals surface area (Å²) in [4.78, 5) is 0.181. The summed E-state index contributed by atoms with van der Waals surface area (Å²) in [5.74, 6) is 0. The van der Waals surface area contributed by atoms with Gasteiger partial charge in [0.2, 0.25) is 10.0 Å². The van der Waals surface area contributed by atoms with Crippen LogP contribution >= 0.6 is 27.5 Å². The molecule has 7 heteroatoms. The van der Waals surface area contributed by atoms with Crippen molar-refractivity contribution >= 4 is 37.6 Å². The molecule has 116 valence electrons. The second-order valence-electron chi connectivity index (χ2n) is 5.86. The molecule has 1 aromatic carbocycles. The molecule has 1 N–H and O–H groups in total. The van der Waals surface area contributed by atoms with Crippen molar-refractivity contribution < 1.29 is 8.42 Å². The molecule has 2 heterocycles. The van der Waals surface area contributed by atoms with E-state index in [4.69, 9.17) is 11.6 Å². The van der Waals surface area contributed by atoms with Crippen LogP contribution in [-0.4, -0.2) is 37.9 Å². The fourth-order valence-corrected chi connectivity index (χ4v) is 5.75. The minimum atomic E-state index is -3.55. The number of rotatable bonds is 3. The molecule has 3 rings (SSSR count). The molecule has 21 heavy (non-hydrogen) atoms. The van der Waals surface area contributed by atoms with Gasteiger partial charge in [0.25, 0.3) is 0 Å².